The molecule has 1 aliphatic heterocycles. The Hall–Kier alpha value is -1.79. The molecule has 5 N–H and O–H groups in total. The molecule has 3 atom stereocenters. The maximum atomic E-state index is 12.7. The molecule has 1 fully saturated rings. The number of nitrogens with zero attached hydrogens (tertiary/aromatic N) is 1. The molecular formula is C17H27ClN4O2. The van der Waals surface area contributed by atoms with E-state index in [9.17, 15) is 9.59 Å². The summed E-state index contributed by atoms with van der Waals surface area (Å²) in [4.78, 5) is 25.8. The Morgan fingerprint density at radius 3 is 2.67 bits per heavy atom. The van der Waals surface area contributed by atoms with Gasteiger partial charge >= 0.3 is 6.03 Å². The molecule has 0 aliphatic carbocycles. The van der Waals surface area contributed by atoms with Gasteiger partial charge in [-0.15, -0.1) is 12.4 Å². The van der Waals surface area contributed by atoms with Crippen LogP contribution in [0, 0.1) is 12.8 Å². The van der Waals surface area contributed by atoms with E-state index in [4.69, 9.17) is 11.5 Å². The molecule has 1 aromatic rings. The largest absolute Gasteiger partial charge is 0.352 e. The molecule has 3 amide bonds. The van der Waals surface area contributed by atoms with Crippen molar-refractivity contribution >= 4 is 24.3 Å². The Morgan fingerprint density at radius 1 is 1.42 bits per heavy atom. The van der Waals surface area contributed by atoms with Crippen LogP contribution in [-0.4, -0.2) is 36.0 Å². The van der Waals surface area contributed by atoms with Gasteiger partial charge in [0.1, 0.15) is 0 Å². The summed E-state index contributed by atoms with van der Waals surface area (Å²) < 4.78 is 0. The van der Waals surface area contributed by atoms with E-state index in [-0.39, 0.29) is 30.8 Å². The minimum Gasteiger partial charge on any atom is -0.352 e. The molecule has 6 nitrogen and oxygen atoms in total. The first-order chi connectivity index (χ1) is 10.9. The van der Waals surface area contributed by atoms with Gasteiger partial charge in [0.05, 0.1) is 12.5 Å². The fraction of sp³-hybridized carbons (Fsp3) is 0.529. The van der Waals surface area contributed by atoms with Gasteiger partial charge in [0.2, 0.25) is 5.91 Å². The number of amides is 3. The molecule has 0 radical (unpaired) electrons. The maximum Gasteiger partial charge on any atom is 0.312 e. The molecule has 1 aliphatic rings. The van der Waals surface area contributed by atoms with Crippen LogP contribution in [0.25, 0.3) is 0 Å². The predicted octanol–water partition coefficient (Wildman–Crippen LogP) is 1.71. The molecule has 1 heterocycles. The summed E-state index contributed by atoms with van der Waals surface area (Å²) in [5, 5.41) is 2.68. The summed E-state index contributed by atoms with van der Waals surface area (Å²) in [6, 6.07) is 6.89. The van der Waals surface area contributed by atoms with Gasteiger partial charge in [0.15, 0.2) is 0 Å². The number of carbonyl (C=O) groups is 2. The Bertz CT molecular complexity index is 581. The molecule has 3 unspecified atom stereocenters. The predicted molar refractivity (Wildman–Crippen MR) is 96.8 cm³/mol. The molecule has 24 heavy (non-hydrogen) atoms. The lowest BCUT2D eigenvalue weighted by Gasteiger charge is -2.25. The molecule has 0 bridgehead atoms. The van der Waals surface area contributed by atoms with Gasteiger partial charge in [0, 0.05) is 12.6 Å². The van der Waals surface area contributed by atoms with E-state index in [1.54, 1.807) is 0 Å². The number of likely N-dealkylation sites (tertiary alicyclic amines) is 1. The summed E-state index contributed by atoms with van der Waals surface area (Å²) in [5.41, 5.74) is 13.0. The number of urea groups is 1. The van der Waals surface area contributed by atoms with Crippen molar-refractivity contribution in [2.75, 3.05) is 13.1 Å². The van der Waals surface area contributed by atoms with Crippen molar-refractivity contribution in [1.82, 2.24) is 10.2 Å². The second-order valence-corrected chi connectivity index (χ2v) is 6.41. The third kappa shape index (κ3) is 5.11. The van der Waals surface area contributed by atoms with E-state index in [1.165, 1.54) is 0 Å². The quantitative estimate of drug-likeness (QED) is 0.750. The highest BCUT2D eigenvalue weighted by molar-refractivity contribution is 5.85. The van der Waals surface area contributed by atoms with Gasteiger partial charge < -0.3 is 21.7 Å². The summed E-state index contributed by atoms with van der Waals surface area (Å²) in [6.45, 7) is 5.29. The fourth-order valence-electron chi connectivity index (χ4n) is 3.26. The number of nitrogens with one attached hydrogen (secondary N) is 1. The van der Waals surface area contributed by atoms with Crippen molar-refractivity contribution in [2.24, 2.45) is 17.4 Å². The number of nitrogens with two attached hydrogens (primary N) is 2. The number of rotatable bonds is 5. The van der Waals surface area contributed by atoms with Gasteiger partial charge in [-0.25, -0.2) is 4.79 Å². The van der Waals surface area contributed by atoms with Crippen molar-refractivity contribution in [1.29, 1.82) is 0 Å². The van der Waals surface area contributed by atoms with Gasteiger partial charge in [-0.3, -0.25) is 4.79 Å². The molecule has 0 aromatic heterocycles. The second kappa shape index (κ2) is 8.89. The Balaban J connectivity index is 0.00000288. The average molecular weight is 355 g/mol. The second-order valence-electron chi connectivity index (χ2n) is 6.41. The summed E-state index contributed by atoms with van der Waals surface area (Å²) in [6.07, 6.45) is 1.13. The highest BCUT2D eigenvalue weighted by Gasteiger charge is 2.32. The highest BCUT2D eigenvalue weighted by Crippen LogP contribution is 2.26. The van der Waals surface area contributed by atoms with Gasteiger partial charge in [-0.2, -0.15) is 0 Å². The number of aryl methyl sites for hydroxylation is 1. The van der Waals surface area contributed by atoms with E-state index < -0.39 is 12.1 Å². The van der Waals surface area contributed by atoms with Crippen LogP contribution in [0.15, 0.2) is 24.3 Å². The number of benzene rings is 1. The summed E-state index contributed by atoms with van der Waals surface area (Å²) in [7, 11) is 0. The minimum absolute atomic E-state index is 0. The lowest BCUT2D eigenvalue weighted by molar-refractivity contribution is -0.132. The molecule has 7 heteroatoms. The van der Waals surface area contributed by atoms with Crippen LogP contribution in [0.3, 0.4) is 0 Å². The molecule has 1 aromatic carbocycles. The van der Waals surface area contributed by atoms with Crippen molar-refractivity contribution in [2.45, 2.75) is 38.8 Å². The number of primary amides is 1. The van der Waals surface area contributed by atoms with Crippen LogP contribution in [-0.2, 0) is 4.79 Å². The number of carbonyl (C=O) groups excluding carboxylic acids is 2. The third-order valence-electron chi connectivity index (χ3n) is 4.45. The zero-order valence-corrected chi connectivity index (χ0v) is 15.0. The van der Waals surface area contributed by atoms with E-state index in [1.807, 2.05) is 43.0 Å². The smallest absolute Gasteiger partial charge is 0.312 e. The Labute approximate surface area is 149 Å². The molecule has 0 spiro atoms. The van der Waals surface area contributed by atoms with E-state index >= 15 is 0 Å². The molecule has 1 saturated heterocycles. The Morgan fingerprint density at radius 2 is 2.12 bits per heavy atom. The Kier molecular flexibility index (Phi) is 7.51. The van der Waals surface area contributed by atoms with Crippen molar-refractivity contribution in [3.05, 3.63) is 35.4 Å². The van der Waals surface area contributed by atoms with Crippen LogP contribution < -0.4 is 16.8 Å². The van der Waals surface area contributed by atoms with Crippen LogP contribution in [0.4, 0.5) is 4.79 Å². The monoisotopic (exact) mass is 354 g/mol. The molecule has 0 saturated carbocycles. The van der Waals surface area contributed by atoms with Crippen LogP contribution in [0.1, 0.15) is 36.9 Å². The normalized spacial score (nSPS) is 21.0. The van der Waals surface area contributed by atoms with Gasteiger partial charge in [0.25, 0.3) is 0 Å². The zero-order chi connectivity index (χ0) is 17.0. The SMILES string of the molecule is Cc1cccc(C(CC(=O)N2CC(CN)CC2C)NC(N)=O)c1.Cl. The fourth-order valence-corrected chi connectivity index (χ4v) is 3.26. The standard InChI is InChI=1S/C17H26N4O2.ClH/c1-11-4-3-5-14(6-11)15(20-17(19)23)8-16(22)21-10-13(9-18)7-12(21)2;/h3-6,12-13,15H,7-10,18H2,1-2H3,(H3,19,20,23);1H. The number of hydrogen-bond acceptors (Lipinski definition) is 3. The van der Waals surface area contributed by atoms with Crippen molar-refractivity contribution in [3.8, 4) is 0 Å². The number of hydrogen-bond donors (Lipinski definition) is 3. The van der Waals surface area contributed by atoms with Crippen molar-refractivity contribution in [3.63, 3.8) is 0 Å². The van der Waals surface area contributed by atoms with Crippen LogP contribution in [0.2, 0.25) is 0 Å². The van der Waals surface area contributed by atoms with Gasteiger partial charge in [-0.05, 0) is 38.3 Å². The average Bonchev–Trinajstić information content (AvgIpc) is 2.87. The maximum absolute atomic E-state index is 12.7. The van der Waals surface area contributed by atoms with Crippen molar-refractivity contribution < 1.29 is 9.59 Å². The summed E-state index contributed by atoms with van der Waals surface area (Å²) >= 11 is 0. The topological polar surface area (TPSA) is 101 Å². The molecule has 2 rings (SSSR count). The minimum atomic E-state index is -0.626. The third-order valence-corrected chi connectivity index (χ3v) is 4.45. The number of halogens is 1. The lowest BCUT2D eigenvalue weighted by Crippen LogP contribution is -2.39. The van der Waals surface area contributed by atoms with E-state index in [0.717, 1.165) is 17.5 Å². The molecular weight excluding hydrogens is 328 g/mol. The van der Waals surface area contributed by atoms with E-state index in [2.05, 4.69) is 5.32 Å². The first-order valence-electron chi connectivity index (χ1n) is 8.02. The van der Waals surface area contributed by atoms with E-state index in [0.29, 0.717) is 19.0 Å². The van der Waals surface area contributed by atoms with Crippen LogP contribution >= 0.6 is 12.4 Å². The van der Waals surface area contributed by atoms with Crippen LogP contribution in [0.5, 0.6) is 0 Å². The summed E-state index contributed by atoms with van der Waals surface area (Å²) in [5.74, 6) is 0.379. The highest BCUT2D eigenvalue weighted by atomic mass is 35.5. The lowest BCUT2D eigenvalue weighted by atomic mass is 10.0. The molecule has 134 valence electrons. The first-order valence-corrected chi connectivity index (χ1v) is 8.02. The zero-order valence-electron chi connectivity index (χ0n) is 14.2. The van der Waals surface area contributed by atoms with Gasteiger partial charge in [-0.1, -0.05) is 29.8 Å². The first kappa shape index (κ1) is 20.3.